The van der Waals surface area contributed by atoms with Gasteiger partial charge in [0.1, 0.15) is 24.7 Å². The summed E-state index contributed by atoms with van der Waals surface area (Å²) in [5, 5.41) is 5.93. The van der Waals surface area contributed by atoms with Crippen LogP contribution in [0.15, 0.2) is 54.6 Å². The maximum atomic E-state index is 11.9. The van der Waals surface area contributed by atoms with E-state index in [1.807, 2.05) is 75.4 Å². The van der Waals surface area contributed by atoms with Crippen LogP contribution in [0.3, 0.4) is 0 Å². The Morgan fingerprint density at radius 2 is 1.58 bits per heavy atom. The molecule has 0 unspecified atom stereocenters. The molecule has 0 saturated heterocycles. The van der Waals surface area contributed by atoms with Crippen molar-refractivity contribution in [2.75, 3.05) is 18.5 Å². The summed E-state index contributed by atoms with van der Waals surface area (Å²) in [6, 6.07) is 17.0. The Hall–Kier alpha value is -2.60. The number of ether oxygens (including phenoxy) is 2. The Morgan fingerprint density at radius 1 is 0.962 bits per heavy atom. The molecule has 138 valence electrons. The first-order valence-corrected chi connectivity index (χ1v) is 8.78. The third kappa shape index (κ3) is 6.72. The van der Waals surface area contributed by atoms with E-state index in [0.29, 0.717) is 19.0 Å². The van der Waals surface area contributed by atoms with Crippen LogP contribution in [-0.4, -0.2) is 24.2 Å². The first kappa shape index (κ1) is 19.7. The highest BCUT2D eigenvalue weighted by Gasteiger charge is 2.21. The zero-order valence-corrected chi connectivity index (χ0v) is 16.1. The smallest absolute Gasteiger partial charge is 0.231 e. The molecule has 1 amide bonds. The number of rotatable bonds is 6. The molecule has 2 rings (SSSR count). The molecule has 6 heteroatoms. The molecule has 2 N–H and O–H groups in total. The Morgan fingerprint density at radius 3 is 2.23 bits per heavy atom. The van der Waals surface area contributed by atoms with Crippen molar-refractivity contribution in [2.24, 2.45) is 5.41 Å². The minimum Gasteiger partial charge on any atom is -0.490 e. The lowest BCUT2D eigenvalue weighted by molar-refractivity contribution is -0.126. The molecule has 0 aliphatic carbocycles. The Balaban J connectivity index is 1.80. The van der Waals surface area contributed by atoms with Crippen molar-refractivity contribution >= 4 is 28.9 Å². The molecule has 26 heavy (non-hydrogen) atoms. The van der Waals surface area contributed by atoms with Crippen LogP contribution in [0.4, 0.5) is 5.69 Å². The summed E-state index contributed by atoms with van der Waals surface area (Å²) in [5.74, 6) is 1.36. The lowest BCUT2D eigenvalue weighted by Crippen LogP contribution is -2.41. The second-order valence-electron chi connectivity index (χ2n) is 6.70. The first-order valence-electron chi connectivity index (χ1n) is 8.38. The van der Waals surface area contributed by atoms with Crippen LogP contribution in [0.2, 0.25) is 0 Å². The minimum atomic E-state index is -0.505. The van der Waals surface area contributed by atoms with Gasteiger partial charge in [-0.3, -0.25) is 4.79 Å². The highest BCUT2D eigenvalue weighted by Crippen LogP contribution is 2.18. The fraction of sp³-hybridized carbons (Fsp3) is 0.300. The number of para-hydroxylation sites is 1. The molecular weight excluding hydrogens is 348 g/mol. The second-order valence-corrected chi connectivity index (χ2v) is 7.10. The molecule has 2 aromatic carbocycles. The van der Waals surface area contributed by atoms with Gasteiger partial charge in [-0.1, -0.05) is 45.0 Å². The molecule has 0 spiro atoms. The molecule has 0 aliphatic heterocycles. The summed E-state index contributed by atoms with van der Waals surface area (Å²) >= 11 is 5.18. The van der Waals surface area contributed by atoms with Crippen LogP contribution in [-0.2, 0) is 4.79 Å². The maximum absolute atomic E-state index is 11.9. The third-order valence-corrected chi connectivity index (χ3v) is 3.57. The van der Waals surface area contributed by atoms with Gasteiger partial charge in [-0.25, -0.2) is 0 Å². The number of amides is 1. The second kappa shape index (κ2) is 9.20. The van der Waals surface area contributed by atoms with Crippen molar-refractivity contribution in [3.63, 3.8) is 0 Å². The van der Waals surface area contributed by atoms with E-state index in [1.165, 1.54) is 0 Å². The largest absolute Gasteiger partial charge is 0.490 e. The van der Waals surface area contributed by atoms with Crippen LogP contribution in [0.1, 0.15) is 20.8 Å². The van der Waals surface area contributed by atoms with Gasteiger partial charge in [0.15, 0.2) is 5.11 Å². The molecule has 0 radical (unpaired) electrons. The molecule has 2 aromatic rings. The topological polar surface area (TPSA) is 59.6 Å². The zero-order valence-electron chi connectivity index (χ0n) is 15.2. The fourth-order valence-electron chi connectivity index (χ4n) is 1.95. The molecule has 0 bridgehead atoms. The average molecular weight is 372 g/mol. The van der Waals surface area contributed by atoms with Crippen LogP contribution < -0.4 is 20.1 Å². The number of anilines is 1. The number of carbonyl (C=O) groups excluding carboxylic acids is 1. The third-order valence-electron chi connectivity index (χ3n) is 3.36. The van der Waals surface area contributed by atoms with Crippen molar-refractivity contribution in [1.29, 1.82) is 0 Å². The summed E-state index contributed by atoms with van der Waals surface area (Å²) in [6.45, 7) is 6.36. The molecule has 0 atom stereocenters. The van der Waals surface area contributed by atoms with E-state index in [-0.39, 0.29) is 11.0 Å². The summed E-state index contributed by atoms with van der Waals surface area (Å²) < 4.78 is 11.3. The molecule has 0 aliphatic rings. The van der Waals surface area contributed by atoms with Gasteiger partial charge in [-0.2, -0.15) is 0 Å². The lowest BCUT2D eigenvalue weighted by atomic mass is 9.96. The van der Waals surface area contributed by atoms with E-state index in [1.54, 1.807) is 0 Å². The van der Waals surface area contributed by atoms with Gasteiger partial charge >= 0.3 is 0 Å². The average Bonchev–Trinajstić information content (AvgIpc) is 2.59. The van der Waals surface area contributed by atoms with Crippen LogP contribution in [0.25, 0.3) is 0 Å². The molecule has 0 fully saturated rings. The van der Waals surface area contributed by atoms with Crippen LogP contribution in [0.5, 0.6) is 11.5 Å². The Labute approximate surface area is 159 Å². The molecule has 5 nitrogen and oxygen atoms in total. The summed E-state index contributed by atoms with van der Waals surface area (Å²) in [4.78, 5) is 11.9. The van der Waals surface area contributed by atoms with Gasteiger partial charge < -0.3 is 20.1 Å². The van der Waals surface area contributed by atoms with Gasteiger partial charge in [0.25, 0.3) is 0 Å². The quantitative estimate of drug-likeness (QED) is 0.593. The van der Waals surface area contributed by atoms with E-state index in [0.717, 1.165) is 11.4 Å². The van der Waals surface area contributed by atoms with Crippen LogP contribution in [0, 0.1) is 5.41 Å². The van der Waals surface area contributed by atoms with Gasteiger partial charge in [0.2, 0.25) is 5.91 Å². The predicted octanol–water partition coefficient (Wildman–Crippen LogP) is 4.00. The van der Waals surface area contributed by atoms with E-state index < -0.39 is 5.41 Å². The number of hydrogen-bond donors (Lipinski definition) is 2. The molecule has 0 aromatic heterocycles. The zero-order chi connectivity index (χ0) is 19.0. The number of hydrogen-bond acceptors (Lipinski definition) is 4. The molecule has 0 saturated carbocycles. The van der Waals surface area contributed by atoms with E-state index in [2.05, 4.69) is 10.6 Å². The Bertz CT molecular complexity index is 742. The fourth-order valence-corrected chi connectivity index (χ4v) is 2.16. The van der Waals surface area contributed by atoms with E-state index in [9.17, 15) is 4.79 Å². The maximum Gasteiger partial charge on any atom is 0.231 e. The van der Waals surface area contributed by atoms with Gasteiger partial charge in [0, 0.05) is 17.2 Å². The highest BCUT2D eigenvalue weighted by atomic mass is 32.1. The van der Waals surface area contributed by atoms with Crippen molar-refractivity contribution < 1.29 is 14.3 Å². The first-order chi connectivity index (χ1) is 12.3. The van der Waals surface area contributed by atoms with E-state index >= 15 is 0 Å². The van der Waals surface area contributed by atoms with Crippen molar-refractivity contribution in [3.05, 3.63) is 54.6 Å². The van der Waals surface area contributed by atoms with Crippen molar-refractivity contribution in [1.82, 2.24) is 5.32 Å². The summed E-state index contributed by atoms with van der Waals surface area (Å²) in [6.07, 6.45) is 0. The van der Waals surface area contributed by atoms with Crippen molar-refractivity contribution in [2.45, 2.75) is 20.8 Å². The van der Waals surface area contributed by atoms with Gasteiger partial charge in [0.05, 0.1) is 0 Å². The Kier molecular flexibility index (Phi) is 6.97. The SMILES string of the molecule is CC(C)(C)C(=O)NC(=S)Nc1cccc(OCCOc2ccccc2)c1. The predicted molar refractivity (Wildman–Crippen MR) is 108 cm³/mol. The highest BCUT2D eigenvalue weighted by molar-refractivity contribution is 7.80. The molecular formula is C20H24N2O3S. The molecule has 0 heterocycles. The lowest BCUT2D eigenvalue weighted by Gasteiger charge is -2.18. The monoisotopic (exact) mass is 372 g/mol. The van der Waals surface area contributed by atoms with Gasteiger partial charge in [-0.15, -0.1) is 0 Å². The number of carbonyl (C=O) groups is 1. The normalized spacial score (nSPS) is 10.7. The van der Waals surface area contributed by atoms with Crippen molar-refractivity contribution in [3.8, 4) is 11.5 Å². The van der Waals surface area contributed by atoms with Gasteiger partial charge in [-0.05, 0) is 36.5 Å². The van der Waals surface area contributed by atoms with E-state index in [4.69, 9.17) is 21.7 Å². The minimum absolute atomic E-state index is 0.138. The number of thiocarbonyl (C=S) groups is 1. The summed E-state index contributed by atoms with van der Waals surface area (Å²) in [5.41, 5.74) is 0.237. The summed E-state index contributed by atoms with van der Waals surface area (Å²) in [7, 11) is 0. The standard InChI is InChI=1S/C20H24N2O3S/c1-20(2,3)18(23)22-19(26)21-15-8-7-11-17(14-15)25-13-12-24-16-9-5-4-6-10-16/h4-11,14H,12-13H2,1-3H3,(H2,21,22,23,26). The van der Waals surface area contributed by atoms with Crippen LogP contribution >= 0.6 is 12.2 Å². The number of benzene rings is 2. The number of nitrogens with one attached hydrogen (secondary N) is 2.